The van der Waals surface area contributed by atoms with Gasteiger partial charge in [0.25, 0.3) is 0 Å². The average molecular weight is 360 g/mol. The smallest absolute Gasteiger partial charge is 0.153 e. The minimum Gasteiger partial charge on any atom is -0.384 e. The number of nitrogens with zero attached hydrogens (tertiary/aromatic N) is 3. The van der Waals surface area contributed by atoms with Crippen LogP contribution >= 0.6 is 0 Å². The van der Waals surface area contributed by atoms with Crippen LogP contribution in [-0.2, 0) is 20.1 Å². The van der Waals surface area contributed by atoms with Gasteiger partial charge in [0.15, 0.2) is 9.84 Å². The van der Waals surface area contributed by atoms with E-state index in [2.05, 4.69) is 19.5 Å². The van der Waals surface area contributed by atoms with Gasteiger partial charge in [-0.15, -0.1) is 0 Å². The summed E-state index contributed by atoms with van der Waals surface area (Å²) in [7, 11) is -1.52. The largest absolute Gasteiger partial charge is 0.384 e. The predicted octanol–water partition coefficient (Wildman–Crippen LogP) is 1.85. The molecule has 3 aliphatic carbocycles. The van der Waals surface area contributed by atoms with Gasteiger partial charge in [-0.2, -0.15) is 0 Å². The van der Waals surface area contributed by atoms with Crippen molar-refractivity contribution in [1.29, 1.82) is 0 Å². The van der Waals surface area contributed by atoms with Crippen LogP contribution in [0.4, 0.5) is 0 Å². The van der Waals surface area contributed by atoms with Crippen LogP contribution in [0.2, 0.25) is 0 Å². The monoisotopic (exact) mass is 360 g/mol. The van der Waals surface area contributed by atoms with E-state index in [-0.39, 0.29) is 29.1 Å². The van der Waals surface area contributed by atoms with Gasteiger partial charge in [0, 0.05) is 24.2 Å². The summed E-state index contributed by atoms with van der Waals surface area (Å²) < 4.78 is 31.7. The number of aromatic amines is 1. The molecular weight excluding hydrogens is 340 g/mol. The van der Waals surface area contributed by atoms with Crippen molar-refractivity contribution in [2.24, 2.45) is 5.41 Å². The second-order valence-electron chi connectivity index (χ2n) is 7.69. The van der Waals surface area contributed by atoms with E-state index in [1.54, 1.807) is 6.20 Å². The fourth-order valence-corrected chi connectivity index (χ4v) is 6.77. The highest BCUT2D eigenvalue weighted by atomic mass is 32.2. The van der Waals surface area contributed by atoms with Crippen LogP contribution in [0.3, 0.4) is 0 Å². The number of aromatic nitrogens is 4. The Balaban J connectivity index is 1.43. The second-order valence-corrected chi connectivity index (χ2v) is 9.87. The molecule has 0 aromatic carbocycles. The summed E-state index contributed by atoms with van der Waals surface area (Å²) in [6.45, 7) is 0.272. The topological polar surface area (TPSA) is 89.9 Å². The molecule has 25 heavy (non-hydrogen) atoms. The summed E-state index contributed by atoms with van der Waals surface area (Å²) in [5.41, 5.74) is 2.82. The molecule has 132 valence electrons. The van der Waals surface area contributed by atoms with E-state index in [0.717, 1.165) is 41.3 Å². The molecule has 0 saturated heterocycles. The van der Waals surface area contributed by atoms with Crippen LogP contribution in [0.25, 0.3) is 22.1 Å². The van der Waals surface area contributed by atoms with E-state index in [1.807, 2.05) is 18.6 Å². The summed E-state index contributed by atoms with van der Waals surface area (Å²) in [5, 5.41) is 1.07. The molecule has 0 unspecified atom stereocenters. The van der Waals surface area contributed by atoms with Crippen LogP contribution < -0.4 is 0 Å². The Morgan fingerprint density at radius 1 is 1.32 bits per heavy atom. The van der Waals surface area contributed by atoms with Crippen molar-refractivity contribution >= 4 is 31.9 Å². The van der Waals surface area contributed by atoms with E-state index in [0.29, 0.717) is 0 Å². The van der Waals surface area contributed by atoms with Crippen molar-refractivity contribution in [2.75, 3.05) is 25.2 Å². The zero-order valence-electron chi connectivity index (χ0n) is 14.0. The van der Waals surface area contributed by atoms with Crippen molar-refractivity contribution in [3.63, 3.8) is 0 Å². The minimum atomic E-state index is -3.05. The SMILES string of the molecule is COCCS(=O)(=O)CC12CC(n3cnc4cnc5[nH]ccc5c43)(C1)C2. The second kappa shape index (κ2) is 4.82. The molecular formula is C17H20N4O3S. The van der Waals surface area contributed by atoms with Crippen LogP contribution in [0, 0.1) is 5.41 Å². The Morgan fingerprint density at radius 3 is 2.88 bits per heavy atom. The lowest BCUT2D eigenvalue weighted by atomic mass is 9.40. The normalized spacial score (nSPS) is 28.2. The first-order valence-corrected chi connectivity index (χ1v) is 10.3. The number of nitrogens with one attached hydrogen (secondary N) is 1. The first-order valence-electron chi connectivity index (χ1n) is 8.45. The number of hydrogen-bond acceptors (Lipinski definition) is 5. The number of fused-ring (bicyclic) bond motifs is 3. The number of hydrogen-bond donors (Lipinski definition) is 1. The number of imidazole rings is 1. The van der Waals surface area contributed by atoms with Crippen LogP contribution in [0.5, 0.6) is 0 Å². The van der Waals surface area contributed by atoms with E-state index in [1.165, 1.54) is 7.11 Å². The molecule has 0 spiro atoms. The van der Waals surface area contributed by atoms with Crippen molar-refractivity contribution in [1.82, 2.24) is 19.5 Å². The van der Waals surface area contributed by atoms with Crippen LogP contribution in [0.1, 0.15) is 19.3 Å². The highest BCUT2D eigenvalue weighted by molar-refractivity contribution is 7.91. The lowest BCUT2D eigenvalue weighted by Crippen LogP contribution is -2.69. The van der Waals surface area contributed by atoms with Gasteiger partial charge in [-0.3, -0.25) is 0 Å². The molecule has 0 amide bonds. The number of sulfone groups is 1. The van der Waals surface area contributed by atoms with Gasteiger partial charge in [0.2, 0.25) is 0 Å². The Labute approximate surface area is 145 Å². The van der Waals surface area contributed by atoms with Crippen molar-refractivity contribution < 1.29 is 13.2 Å². The van der Waals surface area contributed by atoms with Gasteiger partial charge in [-0.1, -0.05) is 0 Å². The first kappa shape index (κ1) is 15.3. The van der Waals surface area contributed by atoms with E-state index >= 15 is 0 Å². The molecule has 6 rings (SSSR count). The number of pyridine rings is 1. The highest BCUT2D eigenvalue weighted by Crippen LogP contribution is 2.72. The standard InChI is InChI=1S/C17H20N4O3S/c1-24-4-5-25(22,23)10-16-7-17(8-16,9-16)21-11-20-13-6-19-15-12(14(13)21)2-3-18-15/h2-3,6,11H,4-5,7-10H2,1H3,(H,18,19). The lowest BCUT2D eigenvalue weighted by Gasteiger charge is -2.71. The van der Waals surface area contributed by atoms with Gasteiger partial charge < -0.3 is 14.3 Å². The minimum absolute atomic E-state index is 0.0249. The van der Waals surface area contributed by atoms with Gasteiger partial charge >= 0.3 is 0 Å². The number of ether oxygens (including phenoxy) is 1. The molecule has 3 aromatic rings. The van der Waals surface area contributed by atoms with Crippen molar-refractivity contribution in [3.8, 4) is 0 Å². The molecule has 3 fully saturated rings. The number of rotatable bonds is 6. The van der Waals surface area contributed by atoms with E-state index in [9.17, 15) is 8.42 Å². The third-order valence-electron chi connectivity index (χ3n) is 5.84. The fourth-order valence-electron chi connectivity index (χ4n) is 4.96. The van der Waals surface area contributed by atoms with Gasteiger partial charge in [-0.25, -0.2) is 18.4 Å². The van der Waals surface area contributed by atoms with Gasteiger partial charge in [-0.05, 0) is 30.7 Å². The van der Waals surface area contributed by atoms with Crippen LogP contribution in [0.15, 0.2) is 24.8 Å². The molecule has 2 bridgehead atoms. The quantitative estimate of drug-likeness (QED) is 0.725. The predicted molar refractivity (Wildman–Crippen MR) is 94.2 cm³/mol. The van der Waals surface area contributed by atoms with Crippen molar-refractivity contribution in [3.05, 3.63) is 24.8 Å². The Hall–Kier alpha value is -1.93. The summed E-state index contributed by atoms with van der Waals surface area (Å²) >= 11 is 0. The lowest BCUT2D eigenvalue weighted by molar-refractivity contribution is -0.168. The van der Waals surface area contributed by atoms with Gasteiger partial charge in [0.1, 0.15) is 11.2 Å². The Bertz CT molecular complexity index is 1060. The number of H-pyrrole nitrogens is 1. The average Bonchev–Trinajstić information content (AvgIpc) is 3.13. The molecule has 3 aliphatic rings. The molecule has 7 nitrogen and oxygen atoms in total. The molecule has 1 N–H and O–H groups in total. The maximum absolute atomic E-state index is 12.3. The molecule has 0 radical (unpaired) electrons. The summed E-state index contributed by atoms with van der Waals surface area (Å²) in [4.78, 5) is 12.0. The van der Waals surface area contributed by atoms with Gasteiger partial charge in [0.05, 0.1) is 36.2 Å². The maximum atomic E-state index is 12.3. The molecule has 3 aromatic heterocycles. The zero-order chi connectivity index (χ0) is 17.3. The summed E-state index contributed by atoms with van der Waals surface area (Å²) in [6.07, 6.45) is 8.30. The van der Waals surface area contributed by atoms with E-state index < -0.39 is 9.84 Å². The molecule has 0 aliphatic heterocycles. The summed E-state index contributed by atoms with van der Waals surface area (Å²) in [6, 6.07) is 2.03. The molecule has 0 atom stereocenters. The van der Waals surface area contributed by atoms with E-state index in [4.69, 9.17) is 4.74 Å². The number of methoxy groups -OCH3 is 1. The zero-order valence-corrected chi connectivity index (χ0v) is 14.8. The van der Waals surface area contributed by atoms with Crippen molar-refractivity contribution in [2.45, 2.75) is 24.8 Å². The Kier molecular flexibility index (Phi) is 2.96. The first-order chi connectivity index (χ1) is 12.0. The third kappa shape index (κ3) is 2.10. The third-order valence-corrected chi connectivity index (χ3v) is 7.68. The highest BCUT2D eigenvalue weighted by Gasteiger charge is 2.69. The fraction of sp³-hybridized carbons (Fsp3) is 0.529. The maximum Gasteiger partial charge on any atom is 0.153 e. The van der Waals surface area contributed by atoms with Crippen LogP contribution in [-0.4, -0.2) is 53.2 Å². The summed E-state index contributed by atoms with van der Waals surface area (Å²) in [5.74, 6) is 0.390. The molecule has 3 heterocycles. The molecule has 3 saturated carbocycles. The Morgan fingerprint density at radius 2 is 2.12 bits per heavy atom. The molecule has 8 heteroatoms.